The van der Waals surface area contributed by atoms with E-state index in [0.29, 0.717) is 18.5 Å². The van der Waals surface area contributed by atoms with Gasteiger partial charge in [-0.3, -0.25) is 0 Å². The molecule has 3 nitrogen and oxygen atoms in total. The molecule has 0 aromatic heterocycles. The van der Waals surface area contributed by atoms with Crippen molar-refractivity contribution in [2.45, 2.75) is 45.8 Å². The normalized spacial score (nSPS) is 12.4. The molecule has 0 bridgehead atoms. The molecule has 110 valence electrons. The van der Waals surface area contributed by atoms with Crippen LogP contribution in [-0.4, -0.2) is 24.8 Å². The predicted octanol–water partition coefficient (Wildman–Crippen LogP) is 3.27. The zero-order valence-electron chi connectivity index (χ0n) is 12.4. The van der Waals surface area contributed by atoms with E-state index in [-0.39, 0.29) is 12.4 Å². The second-order valence-corrected chi connectivity index (χ2v) is 5.23. The first-order valence-electron chi connectivity index (χ1n) is 6.55. The Labute approximate surface area is 122 Å². The van der Waals surface area contributed by atoms with Gasteiger partial charge in [0.1, 0.15) is 5.75 Å². The fraction of sp³-hybridized carbons (Fsp3) is 0.600. The molecule has 0 heterocycles. The summed E-state index contributed by atoms with van der Waals surface area (Å²) in [5.74, 6) is 1.27. The average molecular weight is 288 g/mol. The molecule has 1 aromatic carbocycles. The average Bonchev–Trinajstić information content (AvgIpc) is 2.34. The molecule has 0 saturated heterocycles. The van der Waals surface area contributed by atoms with Crippen LogP contribution in [0.5, 0.6) is 5.75 Å². The number of halogens is 1. The van der Waals surface area contributed by atoms with E-state index in [9.17, 15) is 5.11 Å². The molecule has 0 radical (unpaired) electrons. The van der Waals surface area contributed by atoms with Crippen LogP contribution in [0, 0.1) is 0 Å². The Morgan fingerprint density at radius 1 is 1.21 bits per heavy atom. The Bertz CT molecular complexity index is 380. The minimum Gasteiger partial charge on any atom is -0.496 e. The van der Waals surface area contributed by atoms with E-state index in [0.717, 1.165) is 16.9 Å². The van der Waals surface area contributed by atoms with Gasteiger partial charge in [-0.05, 0) is 29.2 Å². The van der Waals surface area contributed by atoms with Crippen molar-refractivity contribution in [3.63, 3.8) is 0 Å². The van der Waals surface area contributed by atoms with Crippen molar-refractivity contribution in [1.82, 2.24) is 5.32 Å². The third-order valence-electron chi connectivity index (χ3n) is 2.98. The van der Waals surface area contributed by atoms with Gasteiger partial charge in [-0.2, -0.15) is 0 Å². The predicted molar refractivity (Wildman–Crippen MR) is 82.4 cm³/mol. The third kappa shape index (κ3) is 5.39. The second-order valence-electron chi connectivity index (χ2n) is 5.23. The lowest BCUT2D eigenvalue weighted by Gasteiger charge is -2.18. The van der Waals surface area contributed by atoms with Gasteiger partial charge in [0.25, 0.3) is 0 Å². The lowest BCUT2D eigenvalue weighted by Crippen LogP contribution is -2.27. The van der Waals surface area contributed by atoms with Crippen molar-refractivity contribution < 1.29 is 9.84 Å². The van der Waals surface area contributed by atoms with Gasteiger partial charge in [-0.1, -0.05) is 33.8 Å². The molecule has 1 aromatic rings. The van der Waals surface area contributed by atoms with Gasteiger partial charge in [0, 0.05) is 12.6 Å². The maximum atomic E-state index is 10.1. The Hall–Kier alpha value is -0.770. The first kappa shape index (κ1) is 18.2. The summed E-state index contributed by atoms with van der Waals surface area (Å²) < 4.78 is 5.34. The van der Waals surface area contributed by atoms with Crippen LogP contribution in [0.1, 0.15) is 50.8 Å². The summed E-state index contributed by atoms with van der Waals surface area (Å²) in [7, 11) is 1.68. The quantitative estimate of drug-likeness (QED) is 0.844. The van der Waals surface area contributed by atoms with Crippen LogP contribution < -0.4 is 10.1 Å². The van der Waals surface area contributed by atoms with E-state index in [1.165, 1.54) is 0 Å². The van der Waals surface area contributed by atoms with Crippen LogP contribution in [0.15, 0.2) is 18.2 Å². The summed E-state index contributed by atoms with van der Waals surface area (Å²) in [6.07, 6.45) is -0.476. The molecule has 0 aliphatic heterocycles. The fourth-order valence-electron chi connectivity index (χ4n) is 1.88. The lowest BCUT2D eigenvalue weighted by atomic mass is 9.97. The number of ether oxygens (including phenoxy) is 1. The van der Waals surface area contributed by atoms with Crippen LogP contribution >= 0.6 is 12.4 Å². The van der Waals surface area contributed by atoms with Crippen molar-refractivity contribution in [2.24, 2.45) is 0 Å². The largest absolute Gasteiger partial charge is 0.496 e. The standard InChI is InChI=1S/C15H25NO2.ClH/c1-10(2)13-8-12(6-7-15(13)18-5)14(17)9-16-11(3)4;/h6-8,10-11,14,16-17H,9H2,1-5H3;1H. The van der Waals surface area contributed by atoms with E-state index in [1.807, 2.05) is 18.2 Å². The highest BCUT2D eigenvalue weighted by Crippen LogP contribution is 2.29. The van der Waals surface area contributed by atoms with E-state index < -0.39 is 6.10 Å². The van der Waals surface area contributed by atoms with Gasteiger partial charge < -0.3 is 15.2 Å². The van der Waals surface area contributed by atoms with Gasteiger partial charge >= 0.3 is 0 Å². The third-order valence-corrected chi connectivity index (χ3v) is 2.98. The molecule has 1 unspecified atom stereocenters. The summed E-state index contributed by atoms with van der Waals surface area (Å²) in [5.41, 5.74) is 2.08. The number of benzene rings is 1. The van der Waals surface area contributed by atoms with E-state index in [1.54, 1.807) is 7.11 Å². The molecule has 4 heteroatoms. The maximum Gasteiger partial charge on any atom is 0.122 e. The smallest absolute Gasteiger partial charge is 0.122 e. The van der Waals surface area contributed by atoms with Gasteiger partial charge in [-0.25, -0.2) is 0 Å². The molecular formula is C15H26ClNO2. The SMILES string of the molecule is COc1ccc(C(O)CNC(C)C)cc1C(C)C.Cl. The van der Waals surface area contributed by atoms with Crippen LogP contribution in [-0.2, 0) is 0 Å². The van der Waals surface area contributed by atoms with E-state index in [2.05, 4.69) is 33.0 Å². The molecule has 0 aliphatic rings. The minimum absolute atomic E-state index is 0. The first-order chi connectivity index (χ1) is 8.45. The zero-order chi connectivity index (χ0) is 13.7. The van der Waals surface area contributed by atoms with Crippen LogP contribution in [0.2, 0.25) is 0 Å². The van der Waals surface area contributed by atoms with Crippen molar-refractivity contribution in [2.75, 3.05) is 13.7 Å². The number of aliphatic hydroxyl groups excluding tert-OH is 1. The number of hydrogen-bond donors (Lipinski definition) is 2. The molecule has 0 saturated carbocycles. The zero-order valence-corrected chi connectivity index (χ0v) is 13.3. The fourth-order valence-corrected chi connectivity index (χ4v) is 1.88. The van der Waals surface area contributed by atoms with E-state index >= 15 is 0 Å². The van der Waals surface area contributed by atoms with Gasteiger partial charge in [-0.15, -0.1) is 12.4 Å². The topological polar surface area (TPSA) is 41.5 Å². The summed E-state index contributed by atoms with van der Waals surface area (Å²) in [5, 5.41) is 13.4. The van der Waals surface area contributed by atoms with Crippen molar-refractivity contribution in [3.05, 3.63) is 29.3 Å². The van der Waals surface area contributed by atoms with Crippen LogP contribution in [0.3, 0.4) is 0 Å². The number of methoxy groups -OCH3 is 1. The monoisotopic (exact) mass is 287 g/mol. The number of aliphatic hydroxyl groups is 1. The van der Waals surface area contributed by atoms with Crippen LogP contribution in [0.4, 0.5) is 0 Å². The van der Waals surface area contributed by atoms with Gasteiger partial charge in [0.15, 0.2) is 0 Å². The van der Waals surface area contributed by atoms with Gasteiger partial charge in [0.2, 0.25) is 0 Å². The summed E-state index contributed by atoms with van der Waals surface area (Å²) in [6.45, 7) is 8.96. The molecular weight excluding hydrogens is 262 g/mol. The molecule has 0 fully saturated rings. The highest BCUT2D eigenvalue weighted by atomic mass is 35.5. The van der Waals surface area contributed by atoms with Gasteiger partial charge in [0.05, 0.1) is 13.2 Å². The number of rotatable bonds is 6. The maximum absolute atomic E-state index is 10.1. The van der Waals surface area contributed by atoms with Crippen molar-refractivity contribution >= 4 is 12.4 Å². The van der Waals surface area contributed by atoms with E-state index in [4.69, 9.17) is 4.74 Å². The molecule has 2 N–H and O–H groups in total. The highest BCUT2D eigenvalue weighted by molar-refractivity contribution is 5.85. The molecule has 0 amide bonds. The molecule has 1 atom stereocenters. The second kappa shape index (κ2) is 8.41. The molecule has 0 spiro atoms. The Morgan fingerprint density at radius 2 is 1.84 bits per heavy atom. The van der Waals surface area contributed by atoms with Crippen LogP contribution in [0.25, 0.3) is 0 Å². The first-order valence-corrected chi connectivity index (χ1v) is 6.55. The Kier molecular flexibility index (Phi) is 8.07. The minimum atomic E-state index is -0.476. The summed E-state index contributed by atoms with van der Waals surface area (Å²) >= 11 is 0. The summed E-state index contributed by atoms with van der Waals surface area (Å²) in [4.78, 5) is 0. The Morgan fingerprint density at radius 3 is 2.32 bits per heavy atom. The molecule has 1 rings (SSSR count). The highest BCUT2D eigenvalue weighted by Gasteiger charge is 2.13. The number of hydrogen-bond acceptors (Lipinski definition) is 3. The van der Waals surface area contributed by atoms with Crippen molar-refractivity contribution in [1.29, 1.82) is 0 Å². The van der Waals surface area contributed by atoms with Crippen molar-refractivity contribution in [3.8, 4) is 5.75 Å². The Balaban J connectivity index is 0.00000324. The summed E-state index contributed by atoms with van der Waals surface area (Å²) in [6, 6.07) is 6.28. The lowest BCUT2D eigenvalue weighted by molar-refractivity contribution is 0.171. The number of nitrogens with one attached hydrogen (secondary N) is 1. The molecule has 19 heavy (non-hydrogen) atoms. The molecule has 0 aliphatic carbocycles.